The fraction of sp³-hybridized carbons (Fsp3) is 0.400. The number of sulfonamides is 1. The normalized spacial score (nSPS) is 13.7. The first-order valence-corrected chi connectivity index (χ1v) is 6.69. The molecule has 0 unspecified atom stereocenters. The highest BCUT2D eigenvalue weighted by atomic mass is 32.2. The molecule has 0 aliphatic heterocycles. The smallest absolute Gasteiger partial charge is 0.387 e. The molecule has 96 valence electrons. The van der Waals surface area contributed by atoms with Crippen LogP contribution in [-0.2, 0) is 10.0 Å². The van der Waals surface area contributed by atoms with Gasteiger partial charge in [0, 0.05) is 6.04 Å². The molecule has 0 aliphatic carbocycles. The predicted molar refractivity (Wildman–Crippen MR) is 59.5 cm³/mol. The second-order valence-electron chi connectivity index (χ2n) is 3.56. The van der Waals surface area contributed by atoms with E-state index in [9.17, 15) is 17.2 Å². The Labute approximate surface area is 98.6 Å². The molecule has 1 atom stereocenters. The van der Waals surface area contributed by atoms with Crippen LogP contribution in [0.4, 0.5) is 8.78 Å². The number of rotatable bonds is 5. The number of halogens is 2. The van der Waals surface area contributed by atoms with Crippen molar-refractivity contribution < 1.29 is 21.9 Å². The third-order valence-corrected chi connectivity index (χ3v) is 2.76. The zero-order valence-corrected chi connectivity index (χ0v) is 10.2. The molecule has 17 heavy (non-hydrogen) atoms. The van der Waals surface area contributed by atoms with E-state index in [1.807, 2.05) is 0 Å². The monoisotopic (exact) mass is 265 g/mol. The highest BCUT2D eigenvalue weighted by Gasteiger charge is 2.12. The average Bonchev–Trinajstić information content (AvgIpc) is 2.14. The zero-order valence-electron chi connectivity index (χ0n) is 9.35. The van der Waals surface area contributed by atoms with Gasteiger partial charge in [0.05, 0.1) is 6.26 Å². The first-order valence-electron chi connectivity index (χ1n) is 4.80. The summed E-state index contributed by atoms with van der Waals surface area (Å²) in [6.07, 6.45) is 1.03. The SMILES string of the molecule is C[C@H](NS(C)(=O)=O)c1cccc(OC(F)F)c1. The van der Waals surface area contributed by atoms with E-state index in [4.69, 9.17) is 0 Å². The van der Waals surface area contributed by atoms with Crippen LogP contribution >= 0.6 is 0 Å². The molecule has 0 spiro atoms. The van der Waals surface area contributed by atoms with E-state index in [2.05, 4.69) is 9.46 Å². The van der Waals surface area contributed by atoms with E-state index in [1.165, 1.54) is 18.2 Å². The lowest BCUT2D eigenvalue weighted by molar-refractivity contribution is -0.0499. The molecule has 1 N–H and O–H groups in total. The third-order valence-electron chi connectivity index (χ3n) is 1.97. The maximum Gasteiger partial charge on any atom is 0.387 e. The van der Waals surface area contributed by atoms with Gasteiger partial charge < -0.3 is 4.74 Å². The largest absolute Gasteiger partial charge is 0.435 e. The summed E-state index contributed by atoms with van der Waals surface area (Å²) in [5, 5.41) is 0. The van der Waals surface area contributed by atoms with Gasteiger partial charge in [-0.05, 0) is 24.6 Å². The van der Waals surface area contributed by atoms with Gasteiger partial charge in [-0.15, -0.1) is 0 Å². The second kappa shape index (κ2) is 5.42. The Morgan fingerprint density at radius 2 is 2.00 bits per heavy atom. The predicted octanol–water partition coefficient (Wildman–Crippen LogP) is 1.90. The second-order valence-corrected chi connectivity index (χ2v) is 5.34. The highest BCUT2D eigenvalue weighted by Crippen LogP contribution is 2.20. The van der Waals surface area contributed by atoms with Crippen LogP contribution < -0.4 is 9.46 Å². The Hall–Kier alpha value is -1.21. The van der Waals surface area contributed by atoms with Crippen molar-refractivity contribution in [2.24, 2.45) is 0 Å². The van der Waals surface area contributed by atoms with E-state index >= 15 is 0 Å². The molecule has 0 saturated carbocycles. The summed E-state index contributed by atoms with van der Waals surface area (Å²) in [6, 6.07) is 5.39. The van der Waals surface area contributed by atoms with Crippen molar-refractivity contribution in [1.29, 1.82) is 0 Å². The number of benzene rings is 1. The van der Waals surface area contributed by atoms with Crippen molar-refractivity contribution in [1.82, 2.24) is 4.72 Å². The number of hydrogen-bond acceptors (Lipinski definition) is 3. The molecule has 7 heteroatoms. The van der Waals surface area contributed by atoms with Gasteiger partial charge in [0.25, 0.3) is 0 Å². The van der Waals surface area contributed by atoms with E-state index in [0.717, 1.165) is 6.26 Å². The average molecular weight is 265 g/mol. The van der Waals surface area contributed by atoms with Crippen LogP contribution in [0.3, 0.4) is 0 Å². The summed E-state index contributed by atoms with van der Waals surface area (Å²) in [4.78, 5) is 0. The standard InChI is InChI=1S/C10H13F2NO3S/c1-7(13-17(2,14)15)8-4-3-5-9(6-8)16-10(11)12/h3-7,10,13H,1-2H3/t7-/m0/s1. The molecule has 0 bridgehead atoms. The van der Waals surface area contributed by atoms with Crippen LogP contribution in [0.1, 0.15) is 18.5 Å². The Kier molecular flexibility index (Phi) is 4.41. The fourth-order valence-corrected chi connectivity index (χ4v) is 2.13. The highest BCUT2D eigenvalue weighted by molar-refractivity contribution is 7.88. The lowest BCUT2D eigenvalue weighted by Gasteiger charge is -2.13. The van der Waals surface area contributed by atoms with Gasteiger partial charge in [-0.2, -0.15) is 8.78 Å². The van der Waals surface area contributed by atoms with Crippen molar-refractivity contribution in [3.8, 4) is 5.75 Å². The lowest BCUT2D eigenvalue weighted by atomic mass is 10.1. The van der Waals surface area contributed by atoms with E-state index in [1.54, 1.807) is 13.0 Å². The van der Waals surface area contributed by atoms with Crippen LogP contribution in [-0.4, -0.2) is 21.3 Å². The quantitative estimate of drug-likeness (QED) is 0.884. The van der Waals surface area contributed by atoms with Gasteiger partial charge in [-0.3, -0.25) is 0 Å². The summed E-state index contributed by atoms with van der Waals surface area (Å²) in [5.41, 5.74) is 0.550. The zero-order chi connectivity index (χ0) is 13.1. The fourth-order valence-electron chi connectivity index (χ4n) is 1.35. The molecule has 0 fully saturated rings. The van der Waals surface area contributed by atoms with Crippen molar-refractivity contribution in [3.05, 3.63) is 29.8 Å². The van der Waals surface area contributed by atoms with Crippen LogP contribution in [0.15, 0.2) is 24.3 Å². The Morgan fingerprint density at radius 1 is 1.35 bits per heavy atom. The molecule has 1 aromatic rings. The molecule has 0 aromatic heterocycles. The summed E-state index contributed by atoms with van der Waals surface area (Å²) in [7, 11) is -3.35. The maximum absolute atomic E-state index is 12.0. The number of ether oxygens (including phenoxy) is 1. The Morgan fingerprint density at radius 3 is 2.53 bits per heavy atom. The molecular weight excluding hydrogens is 252 g/mol. The van der Waals surface area contributed by atoms with Gasteiger partial charge in [0.2, 0.25) is 10.0 Å². The van der Waals surface area contributed by atoms with Gasteiger partial charge in [0.1, 0.15) is 5.75 Å². The van der Waals surface area contributed by atoms with E-state index in [0.29, 0.717) is 5.56 Å². The summed E-state index contributed by atoms with van der Waals surface area (Å²) in [5.74, 6) is -0.000323. The van der Waals surface area contributed by atoms with Gasteiger partial charge >= 0.3 is 6.61 Å². The number of hydrogen-bond donors (Lipinski definition) is 1. The number of alkyl halides is 2. The number of nitrogens with one attached hydrogen (secondary N) is 1. The Bertz CT molecular complexity index is 476. The van der Waals surface area contributed by atoms with E-state index < -0.39 is 22.7 Å². The molecule has 0 heterocycles. The van der Waals surface area contributed by atoms with Gasteiger partial charge in [-0.1, -0.05) is 12.1 Å². The molecule has 0 saturated heterocycles. The maximum atomic E-state index is 12.0. The first kappa shape index (κ1) is 13.9. The molecule has 0 amide bonds. The van der Waals surface area contributed by atoms with Crippen molar-refractivity contribution in [2.45, 2.75) is 19.6 Å². The molecule has 1 rings (SSSR count). The Balaban J connectivity index is 2.84. The first-order chi connectivity index (χ1) is 7.78. The van der Waals surface area contributed by atoms with Crippen LogP contribution in [0.25, 0.3) is 0 Å². The molecule has 4 nitrogen and oxygen atoms in total. The third kappa shape index (κ3) is 5.10. The molecule has 0 aliphatic rings. The lowest BCUT2D eigenvalue weighted by Crippen LogP contribution is -2.25. The minimum Gasteiger partial charge on any atom is -0.435 e. The molecule has 0 radical (unpaired) electrons. The summed E-state index contributed by atoms with van der Waals surface area (Å²) < 4.78 is 52.6. The minimum absolute atomic E-state index is 0.000323. The van der Waals surface area contributed by atoms with Crippen molar-refractivity contribution in [2.75, 3.05) is 6.26 Å². The van der Waals surface area contributed by atoms with Crippen LogP contribution in [0.5, 0.6) is 5.75 Å². The van der Waals surface area contributed by atoms with Gasteiger partial charge in [0.15, 0.2) is 0 Å². The summed E-state index contributed by atoms with van der Waals surface area (Å²) in [6.45, 7) is -1.29. The van der Waals surface area contributed by atoms with Gasteiger partial charge in [-0.25, -0.2) is 13.1 Å². The van der Waals surface area contributed by atoms with Crippen LogP contribution in [0.2, 0.25) is 0 Å². The topological polar surface area (TPSA) is 55.4 Å². The van der Waals surface area contributed by atoms with E-state index in [-0.39, 0.29) is 5.75 Å². The van der Waals surface area contributed by atoms with Crippen molar-refractivity contribution in [3.63, 3.8) is 0 Å². The molecule has 1 aromatic carbocycles. The molecular formula is C10H13F2NO3S. The van der Waals surface area contributed by atoms with Crippen molar-refractivity contribution >= 4 is 10.0 Å². The summed E-state index contributed by atoms with van der Waals surface area (Å²) >= 11 is 0. The van der Waals surface area contributed by atoms with Crippen LogP contribution in [0, 0.1) is 0 Å². The minimum atomic E-state index is -3.35.